The van der Waals surface area contributed by atoms with Gasteiger partial charge in [-0.2, -0.15) is 0 Å². The third-order valence-electron chi connectivity index (χ3n) is 5.36. The highest BCUT2D eigenvalue weighted by Gasteiger charge is 2.37. The molecule has 1 aromatic carbocycles. The van der Waals surface area contributed by atoms with E-state index in [2.05, 4.69) is 15.6 Å². The summed E-state index contributed by atoms with van der Waals surface area (Å²) < 4.78 is 8.35. The molecule has 7 heteroatoms. The average molecular weight is 362 g/mol. The van der Waals surface area contributed by atoms with Crippen LogP contribution in [0, 0.1) is 0 Å². The van der Waals surface area contributed by atoms with Gasteiger partial charge in [-0.1, -0.05) is 19.3 Å². The number of hydrogen-bond donors (Lipinski definition) is 3. The standard InChI is InChI=1S/C19H28N2O2.BH3O2/c1-18(2,22)19(3,4)23-15-10-11-17-16(12-15)20-13-21(17)14-8-6-5-7-9-14;2-1-3/h10-14,22H,5-9H2,1-4H3;1-3H. The molecule has 144 valence electrons. The fourth-order valence-corrected chi connectivity index (χ4v) is 3.14. The SMILES string of the molecule is CC(C)(O)C(C)(C)Oc1ccc2c(c1)ncn2C1CCCCC1.OBO. The topological polar surface area (TPSA) is 87.7 Å². The van der Waals surface area contributed by atoms with Crippen molar-refractivity contribution in [2.75, 3.05) is 0 Å². The van der Waals surface area contributed by atoms with Crippen molar-refractivity contribution in [2.24, 2.45) is 0 Å². The van der Waals surface area contributed by atoms with Gasteiger partial charge in [-0.25, -0.2) is 4.98 Å². The molecule has 6 nitrogen and oxygen atoms in total. The van der Waals surface area contributed by atoms with E-state index >= 15 is 0 Å². The van der Waals surface area contributed by atoms with Crippen LogP contribution in [0.25, 0.3) is 11.0 Å². The number of nitrogens with zero attached hydrogens (tertiary/aromatic N) is 2. The summed E-state index contributed by atoms with van der Waals surface area (Å²) in [5.41, 5.74) is 0.528. The maximum atomic E-state index is 10.2. The third-order valence-corrected chi connectivity index (χ3v) is 5.36. The van der Waals surface area contributed by atoms with Gasteiger partial charge < -0.3 is 24.5 Å². The van der Waals surface area contributed by atoms with E-state index in [1.165, 1.54) is 37.6 Å². The maximum Gasteiger partial charge on any atom is 0.432 e. The largest absolute Gasteiger partial charge is 0.485 e. The Morgan fingerprint density at radius 3 is 2.31 bits per heavy atom. The van der Waals surface area contributed by atoms with Crippen LogP contribution < -0.4 is 4.74 Å². The normalized spacial score (nSPS) is 16.1. The lowest BCUT2D eigenvalue weighted by Crippen LogP contribution is -2.49. The number of benzene rings is 1. The van der Waals surface area contributed by atoms with Crippen LogP contribution >= 0.6 is 0 Å². The number of rotatable bonds is 4. The summed E-state index contributed by atoms with van der Waals surface area (Å²) in [4.78, 5) is 4.57. The number of aromatic nitrogens is 2. The summed E-state index contributed by atoms with van der Waals surface area (Å²) in [6.45, 7) is 7.34. The maximum absolute atomic E-state index is 10.2. The van der Waals surface area contributed by atoms with E-state index in [0.717, 1.165) is 11.3 Å². The van der Waals surface area contributed by atoms with Crippen LogP contribution in [0.5, 0.6) is 5.75 Å². The molecule has 0 radical (unpaired) electrons. The van der Waals surface area contributed by atoms with Crippen LogP contribution in [0.2, 0.25) is 0 Å². The zero-order valence-electron chi connectivity index (χ0n) is 16.3. The molecule has 1 saturated carbocycles. The molecule has 1 aromatic heterocycles. The molecule has 3 N–H and O–H groups in total. The van der Waals surface area contributed by atoms with Crippen LogP contribution in [-0.4, -0.2) is 43.6 Å². The predicted molar refractivity (Wildman–Crippen MR) is 104 cm³/mol. The number of fused-ring (bicyclic) bond motifs is 1. The molecular weight excluding hydrogens is 331 g/mol. The molecule has 26 heavy (non-hydrogen) atoms. The van der Waals surface area contributed by atoms with Gasteiger partial charge in [0.1, 0.15) is 11.4 Å². The van der Waals surface area contributed by atoms with E-state index in [1.54, 1.807) is 13.8 Å². The summed E-state index contributed by atoms with van der Waals surface area (Å²) in [7, 11) is -0.750. The quantitative estimate of drug-likeness (QED) is 0.728. The fourth-order valence-electron chi connectivity index (χ4n) is 3.14. The van der Waals surface area contributed by atoms with E-state index in [0.29, 0.717) is 6.04 Å². The molecular formula is C19H31BN2O4. The van der Waals surface area contributed by atoms with Gasteiger partial charge in [0.05, 0.1) is 23.0 Å². The Morgan fingerprint density at radius 2 is 1.73 bits per heavy atom. The minimum absolute atomic E-state index is 0.577. The Bertz CT molecular complexity index is 703. The molecule has 0 spiro atoms. The van der Waals surface area contributed by atoms with Gasteiger partial charge >= 0.3 is 7.69 Å². The van der Waals surface area contributed by atoms with Gasteiger partial charge in [0, 0.05) is 12.1 Å². The van der Waals surface area contributed by atoms with Crippen molar-refractivity contribution in [1.82, 2.24) is 9.55 Å². The molecule has 1 fully saturated rings. The van der Waals surface area contributed by atoms with Gasteiger partial charge in [0.15, 0.2) is 0 Å². The Balaban J connectivity index is 0.000000758. The second kappa shape index (κ2) is 8.42. The smallest absolute Gasteiger partial charge is 0.432 e. The van der Waals surface area contributed by atoms with E-state index in [1.807, 2.05) is 32.3 Å². The molecule has 0 atom stereocenters. The van der Waals surface area contributed by atoms with Crippen LogP contribution in [0.3, 0.4) is 0 Å². The second-order valence-corrected chi connectivity index (χ2v) is 7.91. The number of ether oxygens (including phenoxy) is 1. The minimum atomic E-state index is -0.927. The van der Waals surface area contributed by atoms with Gasteiger partial charge in [0.2, 0.25) is 0 Å². The van der Waals surface area contributed by atoms with Crippen LogP contribution in [0.4, 0.5) is 0 Å². The van der Waals surface area contributed by atoms with Gasteiger partial charge in [-0.3, -0.25) is 0 Å². The molecule has 1 heterocycles. The van der Waals surface area contributed by atoms with Crippen molar-refractivity contribution in [3.63, 3.8) is 0 Å². The third kappa shape index (κ3) is 4.78. The molecule has 3 rings (SSSR count). The van der Waals surface area contributed by atoms with E-state index in [-0.39, 0.29) is 0 Å². The van der Waals surface area contributed by atoms with E-state index in [4.69, 9.17) is 14.8 Å². The molecule has 0 aliphatic heterocycles. The lowest BCUT2D eigenvalue weighted by molar-refractivity contribution is -0.0906. The Hall–Kier alpha value is -1.57. The molecule has 1 aliphatic rings. The second-order valence-electron chi connectivity index (χ2n) is 7.91. The van der Waals surface area contributed by atoms with Crippen molar-refractivity contribution >= 4 is 18.7 Å². The first-order valence-electron chi connectivity index (χ1n) is 9.29. The first-order valence-corrected chi connectivity index (χ1v) is 9.29. The van der Waals surface area contributed by atoms with Crippen LogP contribution in [-0.2, 0) is 0 Å². The zero-order valence-corrected chi connectivity index (χ0v) is 16.3. The Morgan fingerprint density at radius 1 is 1.12 bits per heavy atom. The minimum Gasteiger partial charge on any atom is -0.485 e. The highest BCUT2D eigenvalue weighted by atomic mass is 16.5. The lowest BCUT2D eigenvalue weighted by atomic mass is 9.89. The van der Waals surface area contributed by atoms with Crippen molar-refractivity contribution < 1.29 is 19.9 Å². The Kier molecular flexibility index (Phi) is 6.72. The van der Waals surface area contributed by atoms with Crippen LogP contribution in [0.15, 0.2) is 24.5 Å². The summed E-state index contributed by atoms with van der Waals surface area (Å²) in [5.74, 6) is 0.749. The van der Waals surface area contributed by atoms with E-state index in [9.17, 15) is 5.11 Å². The summed E-state index contributed by atoms with van der Waals surface area (Å²) in [6, 6.07) is 6.62. The number of aliphatic hydroxyl groups is 1. The zero-order chi connectivity index (χ0) is 19.4. The van der Waals surface area contributed by atoms with Crippen molar-refractivity contribution in [3.8, 4) is 5.75 Å². The van der Waals surface area contributed by atoms with Gasteiger partial charge in [-0.05, 0) is 52.7 Å². The molecule has 0 bridgehead atoms. The first-order chi connectivity index (χ1) is 12.2. The molecule has 0 unspecified atom stereocenters. The fraction of sp³-hybridized carbons (Fsp3) is 0.632. The molecule has 2 aromatic rings. The number of imidazole rings is 1. The highest BCUT2D eigenvalue weighted by molar-refractivity contribution is 6.13. The van der Waals surface area contributed by atoms with E-state index < -0.39 is 18.9 Å². The summed E-state index contributed by atoms with van der Waals surface area (Å²) in [5, 5.41) is 24.5. The predicted octanol–water partition coefficient (Wildman–Crippen LogP) is 2.71. The van der Waals surface area contributed by atoms with Crippen molar-refractivity contribution in [1.29, 1.82) is 0 Å². The summed E-state index contributed by atoms with van der Waals surface area (Å²) in [6.07, 6.45) is 8.43. The monoisotopic (exact) mass is 362 g/mol. The average Bonchev–Trinajstić information content (AvgIpc) is 2.98. The van der Waals surface area contributed by atoms with Crippen molar-refractivity contribution in [2.45, 2.75) is 77.0 Å². The molecule has 0 saturated heterocycles. The molecule has 1 aliphatic carbocycles. The van der Waals surface area contributed by atoms with Gasteiger partial charge in [0.25, 0.3) is 0 Å². The first kappa shape index (κ1) is 20.7. The highest BCUT2D eigenvalue weighted by Crippen LogP contribution is 2.33. The number of hydrogen-bond acceptors (Lipinski definition) is 5. The lowest BCUT2D eigenvalue weighted by Gasteiger charge is -2.37. The Labute approximate surface area is 156 Å². The van der Waals surface area contributed by atoms with Crippen LogP contribution in [0.1, 0.15) is 65.8 Å². The summed E-state index contributed by atoms with van der Waals surface area (Å²) >= 11 is 0. The van der Waals surface area contributed by atoms with Crippen molar-refractivity contribution in [3.05, 3.63) is 24.5 Å². The van der Waals surface area contributed by atoms with Gasteiger partial charge in [-0.15, -0.1) is 0 Å². The molecule has 0 amide bonds.